The van der Waals surface area contributed by atoms with Crippen molar-refractivity contribution >= 4 is 44.9 Å². The first-order valence-electron chi connectivity index (χ1n) is 19.3. The van der Waals surface area contributed by atoms with Gasteiger partial charge in [-0.25, -0.2) is 0 Å². The van der Waals surface area contributed by atoms with E-state index >= 15 is 0 Å². The molecule has 8 aromatic carbocycles. The van der Waals surface area contributed by atoms with Crippen molar-refractivity contribution < 1.29 is 4.74 Å². The Labute approximate surface area is 322 Å². The van der Waals surface area contributed by atoms with Gasteiger partial charge in [-0.2, -0.15) is 0 Å². The summed E-state index contributed by atoms with van der Waals surface area (Å²) in [6.45, 7) is 9.42. The zero-order valence-electron chi connectivity index (χ0n) is 31.5. The van der Waals surface area contributed by atoms with Crippen LogP contribution in [-0.4, -0.2) is 0 Å². The summed E-state index contributed by atoms with van der Waals surface area (Å²) in [5.74, 6) is 1.74. The molecule has 0 fully saturated rings. The first kappa shape index (κ1) is 31.9. The number of rotatable bonds is 4. The van der Waals surface area contributed by atoms with Gasteiger partial charge in [0.15, 0.2) is 11.5 Å². The molecule has 0 aromatic heterocycles. The van der Waals surface area contributed by atoms with Gasteiger partial charge in [-0.3, -0.25) is 0 Å². The van der Waals surface area contributed by atoms with Crippen molar-refractivity contribution in [3.63, 3.8) is 0 Å². The Hall–Kier alpha value is -6.58. The largest absolute Gasteiger partial charge is 0.453 e. The lowest BCUT2D eigenvalue weighted by Crippen LogP contribution is -2.32. The Balaban J connectivity index is 1.18. The van der Waals surface area contributed by atoms with Crippen LogP contribution in [0.1, 0.15) is 49.9 Å². The molecular weight excluding hydrogens is 669 g/mol. The summed E-state index contributed by atoms with van der Waals surface area (Å²) in [5, 5.41) is 2.42. The molecule has 0 saturated heterocycles. The van der Waals surface area contributed by atoms with Gasteiger partial charge in [0.25, 0.3) is 0 Å². The van der Waals surface area contributed by atoms with E-state index in [1.165, 1.54) is 44.2 Å². The molecule has 0 spiro atoms. The van der Waals surface area contributed by atoms with Crippen LogP contribution >= 0.6 is 0 Å². The van der Waals surface area contributed by atoms with E-state index < -0.39 is 0 Å². The molecule has 0 N–H and O–H groups in total. The van der Waals surface area contributed by atoms with Gasteiger partial charge in [-0.15, -0.1) is 0 Å². The minimum atomic E-state index is -0.272. The predicted octanol–water partition coefficient (Wildman–Crippen LogP) is 14.5. The molecule has 2 heterocycles. The molecule has 3 nitrogen and oxygen atoms in total. The van der Waals surface area contributed by atoms with Gasteiger partial charge < -0.3 is 14.5 Å². The van der Waals surface area contributed by atoms with Crippen molar-refractivity contribution in [2.24, 2.45) is 0 Å². The van der Waals surface area contributed by atoms with Crippen LogP contribution in [0.15, 0.2) is 170 Å². The van der Waals surface area contributed by atoms with Gasteiger partial charge in [-0.05, 0) is 86.8 Å². The average molecular weight is 709 g/mol. The smallest absolute Gasteiger partial charge is 0.152 e. The van der Waals surface area contributed by atoms with E-state index in [-0.39, 0.29) is 10.8 Å². The second kappa shape index (κ2) is 11.5. The molecule has 0 unspecified atom stereocenters. The van der Waals surface area contributed by atoms with Gasteiger partial charge in [0, 0.05) is 33.2 Å². The van der Waals surface area contributed by atoms with Gasteiger partial charge in [0.1, 0.15) is 0 Å². The second-order valence-corrected chi connectivity index (χ2v) is 16.2. The van der Waals surface area contributed by atoms with Crippen LogP contribution in [0.25, 0.3) is 33.0 Å². The molecule has 1 aliphatic carbocycles. The Morgan fingerprint density at radius 3 is 1.95 bits per heavy atom. The normalized spacial score (nSPS) is 14.9. The molecule has 0 amide bonds. The van der Waals surface area contributed by atoms with Crippen LogP contribution in [0.2, 0.25) is 0 Å². The van der Waals surface area contributed by atoms with Crippen molar-refractivity contribution in [2.45, 2.75) is 38.5 Å². The number of hydrogen-bond acceptors (Lipinski definition) is 3. The zero-order chi connectivity index (χ0) is 37.1. The van der Waals surface area contributed by atoms with E-state index in [0.717, 1.165) is 56.8 Å². The summed E-state index contributed by atoms with van der Waals surface area (Å²) in [5.41, 5.74) is 16.5. The molecule has 3 aliphatic rings. The Kier molecular flexibility index (Phi) is 6.65. The van der Waals surface area contributed by atoms with E-state index in [1.807, 2.05) is 0 Å². The van der Waals surface area contributed by atoms with Crippen LogP contribution in [0.3, 0.4) is 0 Å². The van der Waals surface area contributed by atoms with Crippen molar-refractivity contribution in [3.05, 3.63) is 192 Å². The highest BCUT2D eigenvalue weighted by atomic mass is 16.5. The van der Waals surface area contributed by atoms with Crippen molar-refractivity contribution in [1.82, 2.24) is 0 Å². The first-order chi connectivity index (χ1) is 26.8. The first-order valence-corrected chi connectivity index (χ1v) is 19.3. The lowest BCUT2D eigenvalue weighted by atomic mass is 9.73. The third kappa shape index (κ3) is 4.50. The van der Waals surface area contributed by atoms with Crippen LogP contribution in [0, 0.1) is 0 Å². The van der Waals surface area contributed by atoms with E-state index in [4.69, 9.17) is 4.74 Å². The monoisotopic (exact) mass is 708 g/mol. The minimum absolute atomic E-state index is 0.127. The number of benzene rings is 8. The summed E-state index contributed by atoms with van der Waals surface area (Å²) in [7, 11) is 0. The summed E-state index contributed by atoms with van der Waals surface area (Å²) in [4.78, 5) is 4.96. The van der Waals surface area contributed by atoms with Crippen LogP contribution in [-0.2, 0) is 10.8 Å². The minimum Gasteiger partial charge on any atom is -0.453 e. The molecule has 0 atom stereocenters. The van der Waals surface area contributed by atoms with Gasteiger partial charge >= 0.3 is 0 Å². The van der Waals surface area contributed by atoms with Crippen molar-refractivity contribution in [1.29, 1.82) is 0 Å². The SMILES string of the molecule is CC1(C)c2ccccc2-c2ccc(N(c3ccc4c(c3)N3c5c(cccc5-c5ccccc5)Oc5cccc(c53)C4(C)C)c3cccc4ccccc34)cc21. The highest BCUT2D eigenvalue weighted by Crippen LogP contribution is 2.62. The maximum atomic E-state index is 6.80. The fourth-order valence-electron chi connectivity index (χ4n) is 9.68. The maximum absolute atomic E-state index is 6.80. The van der Waals surface area contributed by atoms with Gasteiger partial charge in [0.2, 0.25) is 0 Å². The summed E-state index contributed by atoms with van der Waals surface area (Å²) < 4.78 is 6.80. The number of para-hydroxylation sites is 2. The van der Waals surface area contributed by atoms with E-state index in [9.17, 15) is 0 Å². The van der Waals surface area contributed by atoms with E-state index in [1.54, 1.807) is 0 Å². The van der Waals surface area contributed by atoms with E-state index in [2.05, 4.69) is 207 Å². The second-order valence-electron chi connectivity index (χ2n) is 16.2. The summed E-state index contributed by atoms with van der Waals surface area (Å²) in [6.07, 6.45) is 0. The Morgan fingerprint density at radius 2 is 1.07 bits per heavy atom. The standard InChI is InChI=1S/C52H40N2O/c1-51(2)41-22-11-10-20-39(41)40-29-27-35(31-44(40)51)53(45-24-12-18-33-17-8-9-19-37(33)45)36-28-30-42-46(32-36)54-49-38(34-15-6-5-7-16-34)21-13-25-47(49)55-48-26-14-23-43(50(48)54)52(42,3)4/h5-32H,1-4H3. The molecule has 8 aromatic rings. The molecular formula is C52H40N2O. The molecule has 2 aliphatic heterocycles. The molecule has 55 heavy (non-hydrogen) atoms. The fraction of sp³-hybridized carbons (Fsp3) is 0.115. The van der Waals surface area contributed by atoms with Crippen LogP contribution in [0.5, 0.6) is 11.5 Å². The van der Waals surface area contributed by atoms with Crippen molar-refractivity contribution in [3.8, 4) is 33.8 Å². The third-order valence-corrected chi connectivity index (χ3v) is 12.4. The fourth-order valence-corrected chi connectivity index (χ4v) is 9.68. The quantitative estimate of drug-likeness (QED) is 0.181. The predicted molar refractivity (Wildman–Crippen MR) is 229 cm³/mol. The molecule has 0 saturated carbocycles. The van der Waals surface area contributed by atoms with Gasteiger partial charge in [0.05, 0.1) is 22.7 Å². The number of hydrogen-bond donors (Lipinski definition) is 0. The van der Waals surface area contributed by atoms with Crippen molar-refractivity contribution in [2.75, 3.05) is 9.80 Å². The number of nitrogens with zero attached hydrogens (tertiary/aromatic N) is 2. The topological polar surface area (TPSA) is 15.7 Å². The van der Waals surface area contributed by atoms with Crippen LogP contribution < -0.4 is 14.5 Å². The number of anilines is 6. The lowest BCUT2D eigenvalue weighted by Gasteiger charge is -2.46. The van der Waals surface area contributed by atoms with Crippen LogP contribution in [0.4, 0.5) is 34.1 Å². The number of fused-ring (bicyclic) bond motifs is 8. The molecule has 0 radical (unpaired) electrons. The number of ether oxygens (including phenoxy) is 1. The van der Waals surface area contributed by atoms with E-state index in [0.29, 0.717) is 0 Å². The van der Waals surface area contributed by atoms with Gasteiger partial charge in [-0.1, -0.05) is 155 Å². The molecule has 11 rings (SSSR count). The average Bonchev–Trinajstić information content (AvgIpc) is 3.45. The third-order valence-electron chi connectivity index (χ3n) is 12.4. The Morgan fingerprint density at radius 1 is 0.455 bits per heavy atom. The maximum Gasteiger partial charge on any atom is 0.152 e. The zero-order valence-corrected chi connectivity index (χ0v) is 31.5. The molecule has 264 valence electrons. The summed E-state index contributed by atoms with van der Waals surface area (Å²) in [6, 6.07) is 62.1. The Bertz CT molecular complexity index is 2860. The summed E-state index contributed by atoms with van der Waals surface area (Å²) >= 11 is 0. The lowest BCUT2D eigenvalue weighted by molar-refractivity contribution is 0.471. The molecule has 3 heteroatoms. The molecule has 0 bridgehead atoms. The highest BCUT2D eigenvalue weighted by molar-refractivity contribution is 6.02. The highest BCUT2D eigenvalue weighted by Gasteiger charge is 2.43.